The fraction of sp³-hybridized carbons (Fsp3) is 0.211. The standard InChI is InChI=1S/C19H21NO3/c1-14(15(2)20-21)11-17-9-10-18(19(12-17)22-3)23-13-16-7-5-4-6-8-16/h4-12,21H,13H2,1-3H3/b14-11-,20-15+. The van der Waals surface area contributed by atoms with Gasteiger partial charge in [0, 0.05) is 0 Å². The Morgan fingerprint density at radius 1 is 1.09 bits per heavy atom. The van der Waals surface area contributed by atoms with E-state index < -0.39 is 0 Å². The van der Waals surface area contributed by atoms with Gasteiger partial charge in [-0.15, -0.1) is 0 Å². The maximum absolute atomic E-state index is 8.81. The predicted molar refractivity (Wildman–Crippen MR) is 92.3 cm³/mol. The number of ether oxygens (including phenoxy) is 2. The van der Waals surface area contributed by atoms with Gasteiger partial charge in [-0.2, -0.15) is 0 Å². The second kappa shape index (κ2) is 8.03. The minimum Gasteiger partial charge on any atom is -0.493 e. The van der Waals surface area contributed by atoms with E-state index in [9.17, 15) is 0 Å². The van der Waals surface area contributed by atoms with Crippen molar-refractivity contribution in [2.24, 2.45) is 5.16 Å². The summed E-state index contributed by atoms with van der Waals surface area (Å²) in [5.41, 5.74) is 3.51. The summed E-state index contributed by atoms with van der Waals surface area (Å²) in [5, 5.41) is 12.0. The molecule has 120 valence electrons. The summed E-state index contributed by atoms with van der Waals surface area (Å²) < 4.78 is 11.2. The maximum atomic E-state index is 8.81. The van der Waals surface area contributed by atoms with E-state index in [2.05, 4.69) is 5.16 Å². The van der Waals surface area contributed by atoms with Gasteiger partial charge in [0.1, 0.15) is 6.61 Å². The Morgan fingerprint density at radius 2 is 1.83 bits per heavy atom. The zero-order chi connectivity index (χ0) is 16.7. The zero-order valence-corrected chi connectivity index (χ0v) is 13.6. The number of nitrogens with zero attached hydrogens (tertiary/aromatic N) is 1. The van der Waals surface area contributed by atoms with Crippen molar-refractivity contribution >= 4 is 11.8 Å². The van der Waals surface area contributed by atoms with Gasteiger partial charge in [0.05, 0.1) is 12.8 Å². The molecule has 4 nitrogen and oxygen atoms in total. The van der Waals surface area contributed by atoms with Gasteiger partial charge < -0.3 is 14.7 Å². The van der Waals surface area contributed by atoms with Crippen LogP contribution in [0.25, 0.3) is 6.08 Å². The Balaban J connectivity index is 2.16. The average molecular weight is 311 g/mol. The molecule has 0 heterocycles. The van der Waals surface area contributed by atoms with Gasteiger partial charge >= 0.3 is 0 Å². The molecule has 0 unspecified atom stereocenters. The molecule has 2 aromatic carbocycles. The highest BCUT2D eigenvalue weighted by atomic mass is 16.5. The van der Waals surface area contributed by atoms with Crippen molar-refractivity contribution in [3.8, 4) is 11.5 Å². The second-order valence-electron chi connectivity index (χ2n) is 5.20. The van der Waals surface area contributed by atoms with Crippen LogP contribution in [0.4, 0.5) is 0 Å². The third-order valence-corrected chi connectivity index (χ3v) is 3.53. The van der Waals surface area contributed by atoms with E-state index in [1.54, 1.807) is 14.0 Å². The molecule has 0 atom stereocenters. The molecule has 2 aromatic rings. The van der Waals surface area contributed by atoms with Crippen molar-refractivity contribution in [1.82, 2.24) is 0 Å². The first-order chi connectivity index (χ1) is 11.1. The maximum Gasteiger partial charge on any atom is 0.161 e. The van der Waals surface area contributed by atoms with E-state index in [0.29, 0.717) is 23.8 Å². The van der Waals surface area contributed by atoms with E-state index in [1.165, 1.54) is 0 Å². The van der Waals surface area contributed by atoms with Gasteiger partial charge in [0.25, 0.3) is 0 Å². The normalized spacial score (nSPS) is 12.1. The molecule has 0 aliphatic rings. The van der Waals surface area contributed by atoms with Crippen LogP contribution in [0.5, 0.6) is 11.5 Å². The summed E-state index contributed by atoms with van der Waals surface area (Å²) in [5.74, 6) is 1.36. The molecule has 23 heavy (non-hydrogen) atoms. The minimum atomic E-state index is 0.488. The predicted octanol–water partition coefficient (Wildman–Crippen LogP) is 4.53. The van der Waals surface area contributed by atoms with E-state index in [4.69, 9.17) is 14.7 Å². The van der Waals surface area contributed by atoms with Crippen LogP contribution in [0.2, 0.25) is 0 Å². The molecule has 0 amide bonds. The monoisotopic (exact) mass is 311 g/mol. The van der Waals surface area contributed by atoms with Gasteiger partial charge in [-0.25, -0.2) is 0 Å². The number of allylic oxidation sites excluding steroid dienone is 1. The smallest absolute Gasteiger partial charge is 0.161 e. The lowest BCUT2D eigenvalue weighted by atomic mass is 10.1. The van der Waals surface area contributed by atoms with Crippen molar-refractivity contribution in [2.75, 3.05) is 7.11 Å². The first-order valence-electron chi connectivity index (χ1n) is 7.36. The topological polar surface area (TPSA) is 51.0 Å². The summed E-state index contributed by atoms with van der Waals surface area (Å²) in [4.78, 5) is 0. The van der Waals surface area contributed by atoms with Crippen molar-refractivity contribution < 1.29 is 14.7 Å². The van der Waals surface area contributed by atoms with E-state index in [-0.39, 0.29) is 0 Å². The van der Waals surface area contributed by atoms with Crippen molar-refractivity contribution in [2.45, 2.75) is 20.5 Å². The number of rotatable bonds is 6. The molecule has 0 saturated heterocycles. The van der Waals surface area contributed by atoms with Crippen LogP contribution in [0.15, 0.2) is 59.3 Å². The first-order valence-corrected chi connectivity index (χ1v) is 7.36. The Labute approximate surface area is 136 Å². The Hall–Kier alpha value is -2.75. The molecular formula is C19H21NO3. The lowest BCUT2D eigenvalue weighted by Gasteiger charge is -2.11. The molecule has 0 radical (unpaired) electrons. The molecule has 0 aliphatic heterocycles. The number of oxime groups is 1. The van der Waals surface area contributed by atoms with Gasteiger partial charge in [0.15, 0.2) is 11.5 Å². The fourth-order valence-electron chi connectivity index (χ4n) is 2.06. The van der Waals surface area contributed by atoms with Gasteiger partial charge in [0.2, 0.25) is 0 Å². The fourth-order valence-corrected chi connectivity index (χ4v) is 2.06. The quantitative estimate of drug-likeness (QED) is 0.484. The highest BCUT2D eigenvalue weighted by Crippen LogP contribution is 2.29. The lowest BCUT2D eigenvalue weighted by molar-refractivity contribution is 0.284. The van der Waals surface area contributed by atoms with Crippen LogP contribution in [0.3, 0.4) is 0 Å². The van der Waals surface area contributed by atoms with Crippen LogP contribution < -0.4 is 9.47 Å². The summed E-state index contributed by atoms with van der Waals surface area (Å²) >= 11 is 0. The number of benzene rings is 2. The Kier molecular flexibility index (Phi) is 5.80. The highest BCUT2D eigenvalue weighted by molar-refractivity contribution is 6.01. The molecule has 0 spiro atoms. The van der Waals surface area contributed by atoms with E-state index in [0.717, 1.165) is 16.7 Å². The lowest BCUT2D eigenvalue weighted by Crippen LogP contribution is -1.98. The molecule has 0 aliphatic carbocycles. The summed E-state index contributed by atoms with van der Waals surface area (Å²) in [7, 11) is 1.62. The second-order valence-corrected chi connectivity index (χ2v) is 5.20. The van der Waals surface area contributed by atoms with E-state index >= 15 is 0 Å². The molecule has 0 aromatic heterocycles. The highest BCUT2D eigenvalue weighted by Gasteiger charge is 2.06. The van der Waals surface area contributed by atoms with Crippen LogP contribution in [0.1, 0.15) is 25.0 Å². The van der Waals surface area contributed by atoms with Crippen LogP contribution in [0, 0.1) is 0 Å². The molecule has 1 N–H and O–H groups in total. The number of hydrogen-bond donors (Lipinski definition) is 1. The Morgan fingerprint density at radius 3 is 2.48 bits per heavy atom. The average Bonchev–Trinajstić information content (AvgIpc) is 2.60. The summed E-state index contributed by atoms with van der Waals surface area (Å²) in [6.45, 7) is 4.13. The van der Waals surface area contributed by atoms with Crippen molar-refractivity contribution in [1.29, 1.82) is 0 Å². The molecule has 0 fully saturated rings. The Bertz CT molecular complexity index is 706. The first kappa shape index (κ1) is 16.6. The van der Waals surface area contributed by atoms with E-state index in [1.807, 2.05) is 61.5 Å². The van der Waals surface area contributed by atoms with Gasteiger partial charge in [-0.3, -0.25) is 0 Å². The number of methoxy groups -OCH3 is 1. The summed E-state index contributed by atoms with van der Waals surface area (Å²) in [6, 6.07) is 15.7. The van der Waals surface area contributed by atoms with Crippen molar-refractivity contribution in [3.05, 3.63) is 65.2 Å². The molecule has 0 saturated carbocycles. The molecule has 4 heteroatoms. The van der Waals surface area contributed by atoms with Gasteiger partial charge in [-0.1, -0.05) is 41.6 Å². The third-order valence-electron chi connectivity index (χ3n) is 3.53. The number of hydrogen-bond acceptors (Lipinski definition) is 4. The van der Waals surface area contributed by atoms with Crippen molar-refractivity contribution in [3.63, 3.8) is 0 Å². The van der Waals surface area contributed by atoms with Gasteiger partial charge in [-0.05, 0) is 48.8 Å². The third kappa shape index (κ3) is 4.61. The largest absolute Gasteiger partial charge is 0.493 e. The SMILES string of the molecule is COc1cc(/C=C(C)\C(C)=N\O)ccc1OCc1ccccc1. The summed E-state index contributed by atoms with van der Waals surface area (Å²) in [6.07, 6.45) is 1.93. The van der Waals surface area contributed by atoms with Crippen LogP contribution in [-0.4, -0.2) is 18.0 Å². The zero-order valence-electron chi connectivity index (χ0n) is 13.6. The molecule has 0 bridgehead atoms. The molecular weight excluding hydrogens is 290 g/mol. The molecule has 2 rings (SSSR count). The van der Waals surface area contributed by atoms with Crippen LogP contribution in [-0.2, 0) is 6.61 Å². The van der Waals surface area contributed by atoms with Crippen LogP contribution >= 0.6 is 0 Å². The minimum absolute atomic E-state index is 0.488.